The normalized spacial score (nSPS) is 12.0. The maximum absolute atomic E-state index is 12.0. The summed E-state index contributed by atoms with van der Waals surface area (Å²) in [6, 6.07) is 7.79. The van der Waals surface area contributed by atoms with E-state index in [9.17, 15) is 4.79 Å². The number of rotatable bonds is 8. The van der Waals surface area contributed by atoms with E-state index in [1.54, 1.807) is 14.0 Å². The first kappa shape index (κ1) is 25.2. The van der Waals surface area contributed by atoms with Gasteiger partial charge >= 0.3 is 5.97 Å². The molecule has 0 aliphatic heterocycles. The Bertz CT molecular complexity index is 826. The second-order valence-electron chi connectivity index (χ2n) is 6.02. The van der Waals surface area contributed by atoms with E-state index in [1.807, 2.05) is 45.0 Å². The van der Waals surface area contributed by atoms with Gasteiger partial charge in [0.15, 0.2) is 5.96 Å². The van der Waals surface area contributed by atoms with Gasteiger partial charge in [0.05, 0.1) is 24.9 Å². The van der Waals surface area contributed by atoms with Gasteiger partial charge in [-0.25, -0.2) is 9.78 Å². The average molecular weight is 532 g/mol. The van der Waals surface area contributed by atoms with Crippen molar-refractivity contribution in [2.24, 2.45) is 4.99 Å². The third kappa shape index (κ3) is 7.14. The first-order valence-electron chi connectivity index (χ1n) is 9.32. The van der Waals surface area contributed by atoms with E-state index in [0.29, 0.717) is 36.3 Å². The van der Waals surface area contributed by atoms with Gasteiger partial charge in [0.2, 0.25) is 0 Å². The molecule has 1 atom stereocenters. The number of aromatic nitrogens is 1. The van der Waals surface area contributed by atoms with Crippen molar-refractivity contribution in [3.8, 4) is 5.75 Å². The van der Waals surface area contributed by atoms with Crippen molar-refractivity contribution < 1.29 is 14.3 Å². The molecule has 1 unspecified atom stereocenters. The quantitative estimate of drug-likeness (QED) is 0.231. The van der Waals surface area contributed by atoms with Gasteiger partial charge in [0.1, 0.15) is 15.6 Å². The number of aliphatic imine (C=N–C) groups is 1. The van der Waals surface area contributed by atoms with Crippen molar-refractivity contribution in [3.63, 3.8) is 0 Å². The number of carbonyl (C=O) groups is 1. The molecule has 1 aromatic heterocycles. The molecule has 2 aromatic rings. The largest absolute Gasteiger partial charge is 0.494 e. The number of nitrogens with one attached hydrogen (secondary N) is 2. The summed E-state index contributed by atoms with van der Waals surface area (Å²) in [5.41, 5.74) is 1.73. The Kier molecular flexibility index (Phi) is 11.0. The number of hydrogen-bond acceptors (Lipinski definition) is 6. The van der Waals surface area contributed by atoms with Crippen molar-refractivity contribution in [2.75, 3.05) is 20.3 Å². The van der Waals surface area contributed by atoms with Crippen molar-refractivity contribution in [2.45, 2.75) is 40.3 Å². The van der Waals surface area contributed by atoms with Gasteiger partial charge in [0.25, 0.3) is 0 Å². The summed E-state index contributed by atoms with van der Waals surface area (Å²) < 4.78 is 10.7. The molecule has 2 N–H and O–H groups in total. The Morgan fingerprint density at radius 1 is 1.28 bits per heavy atom. The summed E-state index contributed by atoms with van der Waals surface area (Å²) in [5, 5.41) is 7.41. The summed E-state index contributed by atoms with van der Waals surface area (Å²) in [6.07, 6.45) is 0. The second-order valence-corrected chi connectivity index (χ2v) is 7.05. The molecule has 0 fully saturated rings. The summed E-state index contributed by atoms with van der Waals surface area (Å²) >= 11 is 1.34. The standard InChI is InChI=1S/C20H28N4O3S.HI/c1-6-26-16-11-9-8-10-15(16)12-22-20(21-5)24-14(4)18-23-13(3)17(28-18)19(25)27-7-2;/h8-11,14H,6-7,12H2,1-5H3,(H2,21,22,24);1H. The van der Waals surface area contributed by atoms with Crippen LogP contribution in [0.1, 0.15) is 52.7 Å². The summed E-state index contributed by atoms with van der Waals surface area (Å²) in [4.78, 5) is 21.3. The molecule has 0 aliphatic rings. The third-order valence-electron chi connectivity index (χ3n) is 3.94. The second kappa shape index (κ2) is 12.6. The summed E-state index contributed by atoms with van der Waals surface area (Å²) in [7, 11) is 1.72. The number of esters is 1. The van der Waals surface area contributed by atoms with E-state index in [4.69, 9.17) is 9.47 Å². The van der Waals surface area contributed by atoms with Gasteiger partial charge in [-0.3, -0.25) is 4.99 Å². The Labute approximate surface area is 193 Å². The summed E-state index contributed by atoms with van der Waals surface area (Å²) in [6.45, 7) is 9.09. The Hall–Kier alpha value is -1.88. The van der Waals surface area contributed by atoms with Gasteiger partial charge in [-0.1, -0.05) is 18.2 Å². The SMILES string of the molecule is CCOC(=O)c1sc(C(C)NC(=NC)NCc2ccccc2OCC)nc1C.I. The lowest BCUT2D eigenvalue weighted by Gasteiger charge is -2.17. The lowest BCUT2D eigenvalue weighted by molar-refractivity contribution is 0.0531. The van der Waals surface area contributed by atoms with E-state index in [2.05, 4.69) is 20.6 Å². The minimum absolute atomic E-state index is 0. The first-order chi connectivity index (χ1) is 13.5. The maximum atomic E-state index is 12.0. The number of guanidine groups is 1. The third-order valence-corrected chi connectivity index (χ3v) is 5.26. The number of nitrogens with zero attached hydrogens (tertiary/aromatic N) is 2. The van der Waals surface area contributed by atoms with Crippen molar-refractivity contribution in [1.29, 1.82) is 0 Å². The Balaban J connectivity index is 0.00000420. The predicted octanol–water partition coefficient (Wildman–Crippen LogP) is 4.07. The topological polar surface area (TPSA) is 84.8 Å². The average Bonchev–Trinajstić information content (AvgIpc) is 3.08. The summed E-state index contributed by atoms with van der Waals surface area (Å²) in [5.74, 6) is 1.17. The van der Waals surface area contributed by atoms with E-state index in [0.717, 1.165) is 16.3 Å². The lowest BCUT2D eigenvalue weighted by Crippen LogP contribution is -2.38. The van der Waals surface area contributed by atoms with Gasteiger partial charge < -0.3 is 20.1 Å². The van der Waals surface area contributed by atoms with Crippen LogP contribution < -0.4 is 15.4 Å². The van der Waals surface area contributed by atoms with Crippen LogP contribution in [0.3, 0.4) is 0 Å². The molecule has 0 radical (unpaired) electrons. The van der Waals surface area contributed by atoms with Gasteiger partial charge in [-0.15, -0.1) is 35.3 Å². The molecule has 0 saturated carbocycles. The van der Waals surface area contributed by atoms with Crippen LogP contribution in [0.25, 0.3) is 0 Å². The molecule has 2 rings (SSSR count). The zero-order valence-corrected chi connectivity index (χ0v) is 20.6. The highest BCUT2D eigenvalue weighted by molar-refractivity contribution is 14.0. The first-order valence-corrected chi connectivity index (χ1v) is 10.1. The number of thiazole rings is 1. The van der Waals surface area contributed by atoms with E-state index in [1.165, 1.54) is 11.3 Å². The molecule has 7 nitrogen and oxygen atoms in total. The van der Waals surface area contributed by atoms with Crippen LogP contribution in [0.15, 0.2) is 29.3 Å². The van der Waals surface area contributed by atoms with Crippen molar-refractivity contribution in [3.05, 3.63) is 45.4 Å². The number of benzene rings is 1. The fourth-order valence-electron chi connectivity index (χ4n) is 2.58. The minimum atomic E-state index is -0.328. The van der Waals surface area contributed by atoms with E-state index in [-0.39, 0.29) is 36.0 Å². The molecule has 1 heterocycles. The highest BCUT2D eigenvalue weighted by atomic mass is 127. The molecule has 160 valence electrons. The fraction of sp³-hybridized carbons (Fsp3) is 0.450. The molecule has 1 aromatic carbocycles. The number of carbonyl (C=O) groups excluding carboxylic acids is 1. The molecule has 0 aliphatic carbocycles. The van der Waals surface area contributed by atoms with Crippen LogP contribution in [0.4, 0.5) is 0 Å². The fourth-order valence-corrected chi connectivity index (χ4v) is 3.54. The minimum Gasteiger partial charge on any atom is -0.494 e. The Morgan fingerprint density at radius 3 is 2.66 bits per heavy atom. The molecule has 0 bridgehead atoms. The van der Waals surface area contributed by atoms with Crippen LogP contribution in [-0.4, -0.2) is 37.2 Å². The van der Waals surface area contributed by atoms with Gasteiger partial charge in [-0.05, 0) is 33.8 Å². The van der Waals surface area contributed by atoms with Gasteiger partial charge in [0, 0.05) is 19.2 Å². The number of para-hydroxylation sites is 1. The van der Waals surface area contributed by atoms with Crippen LogP contribution in [0, 0.1) is 6.92 Å². The number of halogens is 1. The lowest BCUT2D eigenvalue weighted by atomic mass is 10.2. The zero-order chi connectivity index (χ0) is 20.5. The van der Waals surface area contributed by atoms with Crippen LogP contribution in [0.5, 0.6) is 5.75 Å². The number of ether oxygens (including phenoxy) is 2. The monoisotopic (exact) mass is 532 g/mol. The molecule has 29 heavy (non-hydrogen) atoms. The number of hydrogen-bond donors (Lipinski definition) is 2. The predicted molar refractivity (Wildman–Crippen MR) is 128 cm³/mol. The van der Waals surface area contributed by atoms with E-state index >= 15 is 0 Å². The smallest absolute Gasteiger partial charge is 0.350 e. The highest BCUT2D eigenvalue weighted by Gasteiger charge is 2.20. The van der Waals surface area contributed by atoms with Crippen molar-refractivity contribution >= 4 is 47.2 Å². The molecule has 0 amide bonds. The van der Waals surface area contributed by atoms with Crippen molar-refractivity contribution in [1.82, 2.24) is 15.6 Å². The van der Waals surface area contributed by atoms with Crippen LogP contribution >= 0.6 is 35.3 Å². The molecule has 9 heteroatoms. The Morgan fingerprint density at radius 2 is 2.00 bits per heavy atom. The maximum Gasteiger partial charge on any atom is 0.350 e. The van der Waals surface area contributed by atoms with Crippen LogP contribution in [0.2, 0.25) is 0 Å². The molecular formula is C20H29IN4O3S. The van der Waals surface area contributed by atoms with E-state index < -0.39 is 0 Å². The highest BCUT2D eigenvalue weighted by Crippen LogP contribution is 2.24. The number of aryl methyl sites for hydroxylation is 1. The van der Waals surface area contributed by atoms with Gasteiger partial charge in [-0.2, -0.15) is 0 Å². The molecule has 0 spiro atoms. The molecule has 0 saturated heterocycles. The van der Waals surface area contributed by atoms with Crippen LogP contribution in [-0.2, 0) is 11.3 Å². The molecular weight excluding hydrogens is 503 g/mol. The zero-order valence-electron chi connectivity index (χ0n) is 17.4.